The number of nitrogens with zero attached hydrogens (tertiary/aromatic N) is 2. The molecule has 2 heterocycles. The summed E-state index contributed by atoms with van der Waals surface area (Å²) in [6, 6.07) is 6.01. The maximum absolute atomic E-state index is 12.4. The molecule has 5 nitrogen and oxygen atoms in total. The second-order valence-corrected chi connectivity index (χ2v) is 5.37. The predicted octanol–water partition coefficient (Wildman–Crippen LogP) is 0.880. The van der Waals surface area contributed by atoms with Gasteiger partial charge in [-0.25, -0.2) is 0 Å². The Morgan fingerprint density at radius 1 is 1.25 bits per heavy atom. The van der Waals surface area contributed by atoms with E-state index < -0.39 is 0 Å². The molecule has 20 heavy (non-hydrogen) atoms. The van der Waals surface area contributed by atoms with Gasteiger partial charge in [-0.2, -0.15) is 0 Å². The number of morpholine rings is 1. The molecule has 0 radical (unpaired) electrons. The van der Waals surface area contributed by atoms with Crippen molar-refractivity contribution in [2.45, 2.75) is 12.8 Å². The van der Waals surface area contributed by atoms with Crippen LogP contribution in [0.4, 0.5) is 11.4 Å². The lowest BCUT2D eigenvalue weighted by Crippen LogP contribution is -2.46. The number of nitrogens with two attached hydrogens (primary N) is 1. The molecule has 108 valence electrons. The highest BCUT2D eigenvalue weighted by atomic mass is 16.5. The summed E-state index contributed by atoms with van der Waals surface area (Å²) >= 11 is 0. The van der Waals surface area contributed by atoms with Crippen LogP contribution in [0.1, 0.15) is 12.0 Å². The zero-order valence-electron chi connectivity index (χ0n) is 11.7. The summed E-state index contributed by atoms with van der Waals surface area (Å²) in [6.07, 6.45) is 2.12. The highest BCUT2D eigenvalue weighted by Gasteiger charge is 2.24. The van der Waals surface area contributed by atoms with Crippen molar-refractivity contribution in [1.29, 1.82) is 0 Å². The molecule has 1 aromatic carbocycles. The number of aryl methyl sites for hydroxylation is 1. The normalized spacial score (nSPS) is 18.8. The summed E-state index contributed by atoms with van der Waals surface area (Å²) < 4.78 is 5.29. The third kappa shape index (κ3) is 2.58. The van der Waals surface area contributed by atoms with Crippen LogP contribution < -0.4 is 10.6 Å². The standard InChI is InChI=1S/C15H21N3O2/c16-13-5-1-3-12-4-2-6-18(15(12)13)11-14(19)17-7-9-20-10-8-17/h1,3,5H,2,4,6-11,16H2. The lowest BCUT2D eigenvalue weighted by atomic mass is 10.0. The van der Waals surface area contributed by atoms with Crippen molar-refractivity contribution in [3.63, 3.8) is 0 Å². The zero-order chi connectivity index (χ0) is 13.9. The van der Waals surface area contributed by atoms with E-state index in [2.05, 4.69) is 11.0 Å². The van der Waals surface area contributed by atoms with Gasteiger partial charge in [-0.05, 0) is 24.5 Å². The number of ether oxygens (including phenoxy) is 1. The van der Waals surface area contributed by atoms with Gasteiger partial charge < -0.3 is 20.3 Å². The molecule has 0 spiro atoms. The van der Waals surface area contributed by atoms with Gasteiger partial charge in [0.1, 0.15) is 0 Å². The van der Waals surface area contributed by atoms with Crippen LogP contribution in [0.15, 0.2) is 18.2 Å². The van der Waals surface area contributed by atoms with Crippen LogP contribution in [-0.2, 0) is 16.0 Å². The smallest absolute Gasteiger partial charge is 0.242 e. The Labute approximate surface area is 119 Å². The number of benzene rings is 1. The molecular weight excluding hydrogens is 254 g/mol. The molecule has 3 rings (SSSR count). The van der Waals surface area contributed by atoms with Crippen LogP contribution in [0, 0.1) is 0 Å². The quantitative estimate of drug-likeness (QED) is 0.814. The Balaban J connectivity index is 1.74. The number of carbonyl (C=O) groups excluding carboxylic acids is 1. The Morgan fingerprint density at radius 3 is 2.85 bits per heavy atom. The van der Waals surface area contributed by atoms with Crippen LogP contribution >= 0.6 is 0 Å². The molecule has 2 N–H and O–H groups in total. The van der Waals surface area contributed by atoms with Gasteiger partial charge in [0.2, 0.25) is 5.91 Å². The molecule has 0 saturated carbocycles. The Bertz CT molecular complexity index is 498. The van der Waals surface area contributed by atoms with Gasteiger partial charge in [0.25, 0.3) is 0 Å². The average Bonchev–Trinajstić information content (AvgIpc) is 2.48. The van der Waals surface area contributed by atoms with Gasteiger partial charge in [-0.1, -0.05) is 12.1 Å². The second-order valence-electron chi connectivity index (χ2n) is 5.37. The highest BCUT2D eigenvalue weighted by molar-refractivity contribution is 5.84. The number of fused-ring (bicyclic) bond motifs is 1. The van der Waals surface area contributed by atoms with Crippen molar-refractivity contribution < 1.29 is 9.53 Å². The first kappa shape index (κ1) is 13.2. The Morgan fingerprint density at radius 2 is 2.05 bits per heavy atom. The fourth-order valence-corrected chi connectivity index (χ4v) is 3.00. The first-order chi connectivity index (χ1) is 9.75. The summed E-state index contributed by atoms with van der Waals surface area (Å²) in [5.74, 6) is 0.171. The molecule has 2 aliphatic rings. The molecule has 1 saturated heterocycles. The number of carbonyl (C=O) groups is 1. The molecule has 1 amide bonds. The van der Waals surface area contributed by atoms with Crippen molar-refractivity contribution in [2.75, 3.05) is 50.0 Å². The van der Waals surface area contributed by atoms with E-state index in [0.29, 0.717) is 32.8 Å². The minimum absolute atomic E-state index is 0.171. The van der Waals surface area contributed by atoms with Gasteiger partial charge in [-0.15, -0.1) is 0 Å². The van der Waals surface area contributed by atoms with E-state index in [4.69, 9.17) is 10.5 Å². The first-order valence-electron chi connectivity index (χ1n) is 7.23. The van der Waals surface area contributed by atoms with E-state index in [1.807, 2.05) is 17.0 Å². The molecule has 0 bridgehead atoms. The fourth-order valence-electron chi connectivity index (χ4n) is 3.00. The maximum atomic E-state index is 12.4. The second kappa shape index (κ2) is 5.71. The molecule has 5 heteroatoms. The largest absolute Gasteiger partial charge is 0.397 e. The third-order valence-electron chi connectivity index (χ3n) is 4.03. The molecular formula is C15H21N3O2. The Hall–Kier alpha value is -1.75. The molecule has 2 aliphatic heterocycles. The highest BCUT2D eigenvalue weighted by Crippen LogP contribution is 2.32. The van der Waals surface area contributed by atoms with Crippen LogP contribution in [-0.4, -0.2) is 50.2 Å². The number of nitrogen functional groups attached to an aromatic ring is 1. The van der Waals surface area contributed by atoms with Gasteiger partial charge in [0.15, 0.2) is 0 Å². The van der Waals surface area contributed by atoms with Crippen molar-refractivity contribution in [3.05, 3.63) is 23.8 Å². The van der Waals surface area contributed by atoms with Gasteiger partial charge in [0.05, 0.1) is 31.1 Å². The zero-order valence-corrected chi connectivity index (χ0v) is 11.7. The van der Waals surface area contributed by atoms with E-state index >= 15 is 0 Å². The third-order valence-corrected chi connectivity index (χ3v) is 4.03. The maximum Gasteiger partial charge on any atom is 0.242 e. The van der Waals surface area contributed by atoms with Crippen molar-refractivity contribution in [3.8, 4) is 0 Å². The van der Waals surface area contributed by atoms with Crippen LogP contribution in [0.3, 0.4) is 0 Å². The number of hydrogen-bond acceptors (Lipinski definition) is 4. The number of rotatable bonds is 2. The first-order valence-corrected chi connectivity index (χ1v) is 7.23. The summed E-state index contributed by atoms with van der Waals surface area (Å²) in [6.45, 7) is 4.00. The number of hydrogen-bond donors (Lipinski definition) is 1. The summed E-state index contributed by atoms with van der Waals surface area (Å²) in [5, 5.41) is 0. The number of amides is 1. The molecule has 1 aromatic rings. The van der Waals surface area contributed by atoms with E-state index in [-0.39, 0.29) is 5.91 Å². The van der Waals surface area contributed by atoms with Gasteiger partial charge in [0, 0.05) is 19.6 Å². The van der Waals surface area contributed by atoms with Crippen LogP contribution in [0.5, 0.6) is 0 Å². The van der Waals surface area contributed by atoms with Crippen LogP contribution in [0.25, 0.3) is 0 Å². The number of para-hydroxylation sites is 1. The molecule has 1 fully saturated rings. The van der Waals surface area contributed by atoms with Crippen molar-refractivity contribution in [1.82, 2.24) is 4.90 Å². The van der Waals surface area contributed by atoms with E-state index in [1.54, 1.807) is 0 Å². The minimum atomic E-state index is 0.171. The number of anilines is 2. The van der Waals surface area contributed by atoms with E-state index in [1.165, 1.54) is 5.56 Å². The fraction of sp³-hybridized carbons (Fsp3) is 0.533. The Kier molecular flexibility index (Phi) is 3.78. The summed E-state index contributed by atoms with van der Waals surface area (Å²) in [7, 11) is 0. The summed E-state index contributed by atoms with van der Waals surface area (Å²) in [5.41, 5.74) is 9.19. The van der Waals surface area contributed by atoms with Gasteiger partial charge in [-0.3, -0.25) is 4.79 Å². The van der Waals surface area contributed by atoms with Crippen molar-refractivity contribution in [2.24, 2.45) is 0 Å². The lowest BCUT2D eigenvalue weighted by molar-refractivity contribution is -0.133. The SMILES string of the molecule is Nc1cccc2c1N(CC(=O)N1CCOCC1)CCC2. The monoisotopic (exact) mass is 275 g/mol. The predicted molar refractivity (Wildman–Crippen MR) is 78.8 cm³/mol. The van der Waals surface area contributed by atoms with E-state index in [9.17, 15) is 4.79 Å². The topological polar surface area (TPSA) is 58.8 Å². The molecule has 0 aromatic heterocycles. The van der Waals surface area contributed by atoms with Gasteiger partial charge >= 0.3 is 0 Å². The van der Waals surface area contributed by atoms with Crippen LogP contribution in [0.2, 0.25) is 0 Å². The average molecular weight is 275 g/mol. The molecule has 0 atom stereocenters. The molecule has 0 unspecified atom stereocenters. The molecule has 0 aliphatic carbocycles. The van der Waals surface area contributed by atoms with E-state index in [0.717, 1.165) is 30.8 Å². The summed E-state index contributed by atoms with van der Waals surface area (Å²) in [4.78, 5) is 16.4. The lowest BCUT2D eigenvalue weighted by Gasteiger charge is -2.34. The van der Waals surface area contributed by atoms with Crippen molar-refractivity contribution >= 4 is 17.3 Å². The minimum Gasteiger partial charge on any atom is -0.397 e.